The molecule has 1 unspecified atom stereocenters. The first kappa shape index (κ1) is 23.4. The lowest BCUT2D eigenvalue weighted by Crippen LogP contribution is -2.51. The van der Waals surface area contributed by atoms with Crippen LogP contribution in [0, 0.1) is 0 Å². The summed E-state index contributed by atoms with van der Waals surface area (Å²) in [5.41, 5.74) is 2.63. The van der Waals surface area contributed by atoms with Crippen LogP contribution in [0.2, 0.25) is 5.02 Å². The summed E-state index contributed by atoms with van der Waals surface area (Å²) in [6.45, 7) is 6.70. The van der Waals surface area contributed by atoms with Crippen LogP contribution in [0.1, 0.15) is 29.3 Å². The van der Waals surface area contributed by atoms with Crippen molar-refractivity contribution in [1.29, 1.82) is 0 Å². The van der Waals surface area contributed by atoms with Crippen LogP contribution >= 0.6 is 11.6 Å². The molecule has 2 aromatic carbocycles. The van der Waals surface area contributed by atoms with Gasteiger partial charge in [-0.2, -0.15) is 0 Å². The fourth-order valence-corrected chi connectivity index (χ4v) is 4.51. The summed E-state index contributed by atoms with van der Waals surface area (Å²) in [5, 5.41) is 0.658. The zero-order valence-electron chi connectivity index (χ0n) is 19.1. The molecule has 176 valence electrons. The molecule has 0 radical (unpaired) electrons. The number of halogens is 1. The molecule has 0 bridgehead atoms. The molecule has 7 nitrogen and oxygen atoms in total. The normalized spacial score (nSPS) is 18.8. The van der Waals surface area contributed by atoms with Gasteiger partial charge in [-0.15, -0.1) is 0 Å². The smallest absolute Gasteiger partial charge is 0.337 e. The van der Waals surface area contributed by atoms with Crippen molar-refractivity contribution in [3.8, 4) is 5.75 Å². The maximum atomic E-state index is 13.1. The van der Waals surface area contributed by atoms with Gasteiger partial charge in [0.15, 0.2) is 0 Å². The van der Waals surface area contributed by atoms with Crippen molar-refractivity contribution in [1.82, 2.24) is 9.80 Å². The Kier molecular flexibility index (Phi) is 7.40. The fourth-order valence-electron chi connectivity index (χ4n) is 4.34. The Labute approximate surface area is 199 Å². The van der Waals surface area contributed by atoms with Gasteiger partial charge in [-0.05, 0) is 42.8 Å². The van der Waals surface area contributed by atoms with E-state index in [1.807, 2.05) is 35.2 Å². The first-order valence-electron chi connectivity index (χ1n) is 11.4. The average Bonchev–Trinajstić information content (AvgIpc) is 3.02. The van der Waals surface area contributed by atoms with Gasteiger partial charge in [-0.25, -0.2) is 4.79 Å². The van der Waals surface area contributed by atoms with E-state index in [1.165, 1.54) is 7.11 Å². The molecule has 0 aromatic heterocycles. The van der Waals surface area contributed by atoms with Crippen LogP contribution in [0.4, 0.5) is 5.69 Å². The van der Waals surface area contributed by atoms with Crippen molar-refractivity contribution in [3.63, 3.8) is 0 Å². The maximum absolute atomic E-state index is 13.1. The van der Waals surface area contributed by atoms with E-state index in [0.29, 0.717) is 43.3 Å². The number of amides is 1. The van der Waals surface area contributed by atoms with Gasteiger partial charge in [-0.3, -0.25) is 9.69 Å². The van der Waals surface area contributed by atoms with Gasteiger partial charge in [0.2, 0.25) is 5.91 Å². The van der Waals surface area contributed by atoms with E-state index in [1.54, 1.807) is 12.1 Å². The SMILES string of the molecule is CCC1CN(CC(=O)N2CCN(c3ccc(C(=O)OC)cc3)CC2)Cc2ccc(Cl)cc2O1. The molecule has 0 spiro atoms. The maximum Gasteiger partial charge on any atom is 0.337 e. The second kappa shape index (κ2) is 10.4. The summed E-state index contributed by atoms with van der Waals surface area (Å²) in [5.74, 6) is 0.617. The van der Waals surface area contributed by atoms with Crippen LogP contribution < -0.4 is 9.64 Å². The summed E-state index contributed by atoms with van der Waals surface area (Å²) in [6.07, 6.45) is 0.895. The molecule has 2 aromatic rings. The second-order valence-electron chi connectivity index (χ2n) is 8.48. The van der Waals surface area contributed by atoms with Gasteiger partial charge in [0.25, 0.3) is 0 Å². The van der Waals surface area contributed by atoms with Gasteiger partial charge in [-0.1, -0.05) is 24.6 Å². The predicted molar refractivity (Wildman–Crippen MR) is 128 cm³/mol. The zero-order valence-corrected chi connectivity index (χ0v) is 19.9. The highest BCUT2D eigenvalue weighted by Crippen LogP contribution is 2.29. The first-order chi connectivity index (χ1) is 16.0. The molecule has 33 heavy (non-hydrogen) atoms. The third-order valence-corrected chi connectivity index (χ3v) is 6.51. The van der Waals surface area contributed by atoms with Crippen LogP contribution in [0.15, 0.2) is 42.5 Å². The molecule has 4 rings (SSSR count). The van der Waals surface area contributed by atoms with Crippen molar-refractivity contribution < 1.29 is 19.1 Å². The minimum absolute atomic E-state index is 0.0299. The van der Waals surface area contributed by atoms with Crippen molar-refractivity contribution in [2.75, 3.05) is 51.3 Å². The number of carbonyl (C=O) groups excluding carboxylic acids is 2. The minimum Gasteiger partial charge on any atom is -0.489 e. The van der Waals surface area contributed by atoms with Gasteiger partial charge < -0.3 is 19.3 Å². The molecule has 2 heterocycles. The summed E-state index contributed by atoms with van der Waals surface area (Å²) in [4.78, 5) is 31.1. The van der Waals surface area contributed by atoms with Crippen LogP contribution in [0.3, 0.4) is 0 Å². The third-order valence-electron chi connectivity index (χ3n) is 6.28. The number of carbonyl (C=O) groups is 2. The van der Waals surface area contributed by atoms with E-state index >= 15 is 0 Å². The average molecular weight is 472 g/mol. The third kappa shape index (κ3) is 5.60. The largest absolute Gasteiger partial charge is 0.489 e. The number of anilines is 1. The monoisotopic (exact) mass is 471 g/mol. The molecule has 1 saturated heterocycles. The molecule has 0 N–H and O–H groups in total. The van der Waals surface area contributed by atoms with E-state index in [-0.39, 0.29) is 18.0 Å². The van der Waals surface area contributed by atoms with Crippen molar-refractivity contribution in [3.05, 3.63) is 58.6 Å². The number of methoxy groups -OCH3 is 1. The zero-order chi connectivity index (χ0) is 23.4. The number of nitrogens with zero attached hydrogens (tertiary/aromatic N) is 3. The predicted octanol–water partition coefficient (Wildman–Crippen LogP) is 3.45. The Bertz CT molecular complexity index is 990. The summed E-state index contributed by atoms with van der Waals surface area (Å²) in [6, 6.07) is 13.1. The standard InChI is InChI=1S/C25H30ClN3O4/c1-3-22-16-27(15-19-4-7-20(26)14-23(19)33-22)17-24(30)29-12-10-28(11-13-29)21-8-5-18(6-9-21)25(31)32-2/h4-9,14,22H,3,10-13,15-17H2,1-2H3. The van der Waals surface area contributed by atoms with Crippen molar-refractivity contribution >= 4 is 29.2 Å². The number of hydrogen-bond acceptors (Lipinski definition) is 6. The van der Waals surface area contributed by atoms with E-state index in [2.05, 4.69) is 16.7 Å². The number of benzene rings is 2. The topological polar surface area (TPSA) is 62.3 Å². The summed E-state index contributed by atoms with van der Waals surface area (Å²) in [7, 11) is 1.38. The molecule has 0 aliphatic carbocycles. The highest BCUT2D eigenvalue weighted by molar-refractivity contribution is 6.30. The van der Waals surface area contributed by atoms with Gasteiger partial charge >= 0.3 is 5.97 Å². The Morgan fingerprint density at radius 1 is 1.09 bits per heavy atom. The molecule has 0 saturated carbocycles. The van der Waals surface area contributed by atoms with Gasteiger partial charge in [0.05, 0.1) is 19.2 Å². The first-order valence-corrected chi connectivity index (χ1v) is 11.7. The fraction of sp³-hybridized carbons (Fsp3) is 0.440. The Morgan fingerprint density at radius 2 is 1.82 bits per heavy atom. The number of fused-ring (bicyclic) bond motifs is 1. The van der Waals surface area contributed by atoms with Gasteiger partial charge in [0.1, 0.15) is 11.9 Å². The number of piperazine rings is 1. The lowest BCUT2D eigenvalue weighted by atomic mass is 10.1. The molecule has 1 amide bonds. The van der Waals surface area contributed by atoms with E-state index < -0.39 is 0 Å². The van der Waals surface area contributed by atoms with Crippen LogP contribution in [0.5, 0.6) is 5.75 Å². The Morgan fingerprint density at radius 3 is 2.48 bits per heavy atom. The quantitative estimate of drug-likeness (QED) is 0.622. The molecule has 1 fully saturated rings. The molecular formula is C25H30ClN3O4. The number of ether oxygens (including phenoxy) is 2. The van der Waals surface area contributed by atoms with Crippen molar-refractivity contribution in [2.24, 2.45) is 0 Å². The molecule has 8 heteroatoms. The molecule has 1 atom stereocenters. The molecular weight excluding hydrogens is 442 g/mol. The Hall–Kier alpha value is -2.77. The number of hydrogen-bond donors (Lipinski definition) is 0. The van der Waals surface area contributed by atoms with Crippen LogP contribution in [-0.4, -0.2) is 74.2 Å². The van der Waals surface area contributed by atoms with Crippen LogP contribution in [-0.2, 0) is 16.1 Å². The Balaban J connectivity index is 1.34. The number of rotatable bonds is 5. The van der Waals surface area contributed by atoms with Gasteiger partial charge in [0, 0.05) is 55.5 Å². The van der Waals surface area contributed by atoms with E-state index in [0.717, 1.165) is 36.5 Å². The molecule has 2 aliphatic rings. The summed E-state index contributed by atoms with van der Waals surface area (Å²) < 4.78 is 10.9. The lowest BCUT2D eigenvalue weighted by Gasteiger charge is -2.37. The summed E-state index contributed by atoms with van der Waals surface area (Å²) >= 11 is 6.15. The molecule has 2 aliphatic heterocycles. The van der Waals surface area contributed by atoms with Crippen molar-refractivity contribution in [2.45, 2.75) is 26.0 Å². The minimum atomic E-state index is -0.341. The highest BCUT2D eigenvalue weighted by atomic mass is 35.5. The number of esters is 1. The van der Waals surface area contributed by atoms with E-state index in [4.69, 9.17) is 21.1 Å². The van der Waals surface area contributed by atoms with E-state index in [9.17, 15) is 9.59 Å². The second-order valence-corrected chi connectivity index (χ2v) is 8.91. The lowest BCUT2D eigenvalue weighted by molar-refractivity contribution is -0.133. The van der Waals surface area contributed by atoms with Crippen LogP contribution in [0.25, 0.3) is 0 Å². The highest BCUT2D eigenvalue weighted by Gasteiger charge is 2.27.